The minimum atomic E-state index is -3.10. The van der Waals surface area contributed by atoms with Crippen LogP contribution in [0.4, 0.5) is 0 Å². The van der Waals surface area contributed by atoms with Crippen LogP contribution >= 0.6 is 11.6 Å². The Morgan fingerprint density at radius 2 is 2.13 bits per heavy atom. The van der Waals surface area contributed by atoms with Crippen molar-refractivity contribution in [2.24, 2.45) is 0 Å². The van der Waals surface area contributed by atoms with E-state index in [1.165, 1.54) is 0 Å². The molecule has 1 unspecified atom stereocenters. The molecule has 0 amide bonds. The summed E-state index contributed by atoms with van der Waals surface area (Å²) in [5.74, 6) is -0.470. The Morgan fingerprint density at radius 1 is 1.47 bits per heavy atom. The summed E-state index contributed by atoms with van der Waals surface area (Å²) in [5.41, 5.74) is 0.746. The molecule has 0 aliphatic carbocycles. The van der Waals surface area contributed by atoms with Crippen LogP contribution in [0, 0.1) is 0 Å². The summed E-state index contributed by atoms with van der Waals surface area (Å²) in [4.78, 5) is 0. The van der Waals surface area contributed by atoms with E-state index in [1.54, 1.807) is 24.3 Å². The number of hydrogen-bond donors (Lipinski definition) is 1. The van der Waals surface area contributed by atoms with Gasteiger partial charge in [-0.25, -0.2) is 8.42 Å². The van der Waals surface area contributed by atoms with Gasteiger partial charge in [-0.1, -0.05) is 23.7 Å². The highest BCUT2D eigenvalue weighted by atomic mass is 35.5. The van der Waals surface area contributed by atoms with Gasteiger partial charge in [-0.2, -0.15) is 0 Å². The summed E-state index contributed by atoms with van der Waals surface area (Å²) >= 11 is 5.79. The Hall–Kier alpha value is -0.580. The van der Waals surface area contributed by atoms with Gasteiger partial charge in [0.05, 0.1) is 12.4 Å². The van der Waals surface area contributed by atoms with Gasteiger partial charge in [-0.15, -0.1) is 0 Å². The molecular weight excluding hydrogens is 236 g/mol. The molecule has 84 valence electrons. The summed E-state index contributed by atoms with van der Waals surface area (Å²) in [5, 5.41) is 9.67. The Balaban J connectivity index is 2.93. The molecule has 1 aromatic rings. The Kier molecular flexibility index (Phi) is 4.13. The molecule has 0 saturated heterocycles. The maximum Gasteiger partial charge on any atom is 0.148 e. The normalized spacial score (nSPS) is 13.8. The molecule has 0 heterocycles. The van der Waals surface area contributed by atoms with E-state index in [-0.39, 0.29) is 12.4 Å². The van der Waals surface area contributed by atoms with Gasteiger partial charge >= 0.3 is 0 Å². The number of aliphatic hydroxyl groups is 1. The molecule has 0 spiro atoms. The van der Waals surface area contributed by atoms with Crippen LogP contribution in [0.25, 0.3) is 0 Å². The summed E-state index contributed by atoms with van der Waals surface area (Å²) in [6.45, 7) is -0.201. The molecule has 3 nitrogen and oxygen atoms in total. The van der Waals surface area contributed by atoms with E-state index in [0.29, 0.717) is 5.02 Å². The number of halogens is 1. The topological polar surface area (TPSA) is 54.4 Å². The number of hydrogen-bond acceptors (Lipinski definition) is 3. The molecule has 1 aromatic carbocycles. The van der Waals surface area contributed by atoms with E-state index in [0.717, 1.165) is 11.8 Å². The van der Waals surface area contributed by atoms with Gasteiger partial charge < -0.3 is 5.11 Å². The highest BCUT2D eigenvalue weighted by Crippen LogP contribution is 2.20. The molecule has 0 aromatic heterocycles. The third kappa shape index (κ3) is 4.20. The first-order valence-corrected chi connectivity index (χ1v) is 6.90. The second-order valence-electron chi connectivity index (χ2n) is 3.53. The maximum absolute atomic E-state index is 11.1. The van der Waals surface area contributed by atoms with Crippen LogP contribution in [0.3, 0.4) is 0 Å². The molecule has 5 heteroatoms. The van der Waals surface area contributed by atoms with Crippen molar-refractivity contribution >= 4 is 21.4 Å². The number of sulfone groups is 1. The first-order chi connectivity index (χ1) is 6.92. The fourth-order valence-corrected chi connectivity index (χ4v) is 2.61. The third-order valence-electron chi connectivity index (χ3n) is 2.04. The van der Waals surface area contributed by atoms with Gasteiger partial charge in [-0.05, 0) is 17.7 Å². The van der Waals surface area contributed by atoms with Crippen molar-refractivity contribution in [2.45, 2.75) is 5.92 Å². The minimum Gasteiger partial charge on any atom is -0.396 e. The molecule has 15 heavy (non-hydrogen) atoms. The van der Waals surface area contributed by atoms with Crippen LogP contribution in [-0.2, 0) is 9.84 Å². The molecule has 0 radical (unpaired) electrons. The molecule has 0 aliphatic heterocycles. The van der Waals surface area contributed by atoms with E-state index < -0.39 is 15.8 Å². The second-order valence-corrected chi connectivity index (χ2v) is 6.15. The molecule has 1 atom stereocenters. The largest absolute Gasteiger partial charge is 0.396 e. The van der Waals surface area contributed by atoms with Gasteiger partial charge in [0.15, 0.2) is 0 Å². The van der Waals surface area contributed by atoms with Crippen molar-refractivity contribution in [1.29, 1.82) is 0 Å². The van der Waals surface area contributed by atoms with E-state index in [9.17, 15) is 8.42 Å². The highest BCUT2D eigenvalue weighted by molar-refractivity contribution is 7.90. The molecule has 0 aliphatic rings. The Labute approximate surface area is 94.6 Å². The van der Waals surface area contributed by atoms with Crippen molar-refractivity contribution in [3.05, 3.63) is 34.9 Å². The lowest BCUT2D eigenvalue weighted by Gasteiger charge is -2.13. The summed E-state index contributed by atoms with van der Waals surface area (Å²) in [7, 11) is -3.10. The smallest absolute Gasteiger partial charge is 0.148 e. The number of aliphatic hydroxyl groups excluding tert-OH is 1. The fraction of sp³-hybridized carbons (Fsp3) is 0.400. The lowest BCUT2D eigenvalue weighted by Crippen LogP contribution is -2.16. The van der Waals surface area contributed by atoms with Gasteiger partial charge in [0.1, 0.15) is 9.84 Å². The lowest BCUT2D eigenvalue weighted by molar-refractivity contribution is 0.273. The predicted molar refractivity (Wildman–Crippen MR) is 61.0 cm³/mol. The molecule has 0 saturated carbocycles. The van der Waals surface area contributed by atoms with E-state index >= 15 is 0 Å². The summed E-state index contributed by atoms with van der Waals surface area (Å²) in [6, 6.07) is 6.88. The number of rotatable bonds is 4. The van der Waals surface area contributed by atoms with Crippen molar-refractivity contribution in [3.8, 4) is 0 Å². The van der Waals surface area contributed by atoms with Crippen molar-refractivity contribution < 1.29 is 13.5 Å². The van der Waals surface area contributed by atoms with Crippen molar-refractivity contribution in [3.63, 3.8) is 0 Å². The van der Waals surface area contributed by atoms with Crippen LogP contribution in [0.2, 0.25) is 5.02 Å². The molecule has 0 fully saturated rings. The SMILES string of the molecule is CS(=O)(=O)CC(CO)c1cccc(Cl)c1. The predicted octanol–water partition coefficient (Wildman–Crippen LogP) is 1.46. The first-order valence-electron chi connectivity index (χ1n) is 4.46. The third-order valence-corrected chi connectivity index (χ3v) is 3.29. The highest BCUT2D eigenvalue weighted by Gasteiger charge is 2.16. The summed E-state index contributed by atoms with van der Waals surface area (Å²) < 4.78 is 22.2. The zero-order valence-corrected chi connectivity index (χ0v) is 9.92. The van der Waals surface area contributed by atoms with Crippen LogP contribution in [0.15, 0.2) is 24.3 Å². The average molecular weight is 249 g/mol. The van der Waals surface area contributed by atoms with Gasteiger partial charge in [0.2, 0.25) is 0 Å². The fourth-order valence-electron chi connectivity index (χ4n) is 1.38. The molecule has 0 bridgehead atoms. The summed E-state index contributed by atoms with van der Waals surface area (Å²) in [6.07, 6.45) is 1.15. The van der Waals surface area contributed by atoms with Crippen LogP contribution < -0.4 is 0 Å². The monoisotopic (exact) mass is 248 g/mol. The minimum absolute atomic E-state index is 0.0656. The standard InChI is InChI=1S/C10H13ClO3S/c1-15(13,14)7-9(6-12)8-3-2-4-10(11)5-8/h2-5,9,12H,6-7H2,1H3. The van der Waals surface area contributed by atoms with Crippen LogP contribution in [0.5, 0.6) is 0 Å². The zero-order chi connectivity index (χ0) is 11.5. The zero-order valence-electron chi connectivity index (χ0n) is 8.35. The molecule has 1 rings (SSSR count). The maximum atomic E-state index is 11.1. The molecule has 1 N–H and O–H groups in total. The molecular formula is C10H13ClO3S. The van der Waals surface area contributed by atoms with E-state index in [1.807, 2.05) is 0 Å². The number of benzene rings is 1. The first kappa shape index (κ1) is 12.5. The van der Waals surface area contributed by atoms with Crippen molar-refractivity contribution in [2.75, 3.05) is 18.6 Å². The van der Waals surface area contributed by atoms with Crippen molar-refractivity contribution in [1.82, 2.24) is 0 Å². The lowest BCUT2D eigenvalue weighted by atomic mass is 10.0. The quantitative estimate of drug-likeness (QED) is 0.878. The van der Waals surface area contributed by atoms with Crippen LogP contribution in [0.1, 0.15) is 11.5 Å². The van der Waals surface area contributed by atoms with Gasteiger partial charge in [0.25, 0.3) is 0 Å². The Bertz CT molecular complexity index is 428. The average Bonchev–Trinajstić information content (AvgIpc) is 2.13. The Morgan fingerprint density at radius 3 is 2.60 bits per heavy atom. The van der Waals surface area contributed by atoms with Gasteiger partial charge in [0, 0.05) is 17.2 Å². The second kappa shape index (κ2) is 4.96. The van der Waals surface area contributed by atoms with Crippen LogP contribution in [-0.4, -0.2) is 32.1 Å². The van der Waals surface area contributed by atoms with Gasteiger partial charge in [-0.3, -0.25) is 0 Å². The van der Waals surface area contributed by atoms with E-state index in [4.69, 9.17) is 16.7 Å². The van der Waals surface area contributed by atoms with E-state index in [2.05, 4.69) is 0 Å².